The molecule has 1 aromatic rings. The molecule has 0 aliphatic heterocycles. The van der Waals surface area contributed by atoms with E-state index in [2.05, 4.69) is 5.32 Å². The molecule has 1 N–H and O–H groups in total. The summed E-state index contributed by atoms with van der Waals surface area (Å²) in [5.41, 5.74) is 1.06. The van der Waals surface area contributed by atoms with Crippen molar-refractivity contribution in [2.45, 2.75) is 39.3 Å². The molecule has 0 heterocycles. The predicted octanol–water partition coefficient (Wildman–Crippen LogP) is 3.33. The van der Waals surface area contributed by atoms with Gasteiger partial charge in [0, 0.05) is 11.1 Å². The Kier molecular flexibility index (Phi) is 6.16. The molecule has 0 bridgehead atoms. The van der Waals surface area contributed by atoms with Gasteiger partial charge in [0.1, 0.15) is 6.04 Å². The molecule has 0 radical (unpaired) electrons. The first-order chi connectivity index (χ1) is 8.58. The normalized spacial score (nSPS) is 14.0. The third-order valence-electron chi connectivity index (χ3n) is 2.78. The quantitative estimate of drug-likeness (QED) is 0.805. The van der Waals surface area contributed by atoms with Crippen LogP contribution in [0.2, 0.25) is 5.02 Å². The van der Waals surface area contributed by atoms with Gasteiger partial charge in [0.15, 0.2) is 0 Å². The highest BCUT2D eigenvalue weighted by atomic mass is 35.5. The van der Waals surface area contributed by atoms with Crippen LogP contribution in [0.5, 0.6) is 0 Å². The lowest BCUT2D eigenvalue weighted by Crippen LogP contribution is -2.39. The van der Waals surface area contributed by atoms with E-state index in [1.807, 2.05) is 45.0 Å². The van der Waals surface area contributed by atoms with E-state index in [0.717, 1.165) is 5.56 Å². The van der Waals surface area contributed by atoms with Crippen LogP contribution in [-0.4, -0.2) is 18.6 Å². The van der Waals surface area contributed by atoms with Gasteiger partial charge in [-0.1, -0.05) is 30.7 Å². The first-order valence-electron chi connectivity index (χ1n) is 6.26. The van der Waals surface area contributed by atoms with E-state index in [-0.39, 0.29) is 18.1 Å². The molecule has 0 spiro atoms. The summed E-state index contributed by atoms with van der Waals surface area (Å²) in [5.74, 6) is -0.200. The summed E-state index contributed by atoms with van der Waals surface area (Å²) in [7, 11) is 0. The largest absolute Gasteiger partial charge is 0.465 e. The first kappa shape index (κ1) is 15.0. The molecule has 1 unspecified atom stereocenters. The lowest BCUT2D eigenvalue weighted by molar-refractivity contribution is -0.145. The second-order valence-electron chi connectivity index (χ2n) is 4.16. The summed E-state index contributed by atoms with van der Waals surface area (Å²) in [6.07, 6.45) is 0.698. The van der Waals surface area contributed by atoms with Crippen molar-refractivity contribution in [1.82, 2.24) is 5.32 Å². The summed E-state index contributed by atoms with van der Waals surface area (Å²) in [6.45, 7) is 6.18. The molecular weight excluding hydrogens is 250 g/mol. The van der Waals surface area contributed by atoms with Crippen molar-refractivity contribution in [3.05, 3.63) is 34.9 Å². The molecule has 0 fully saturated rings. The second-order valence-corrected chi connectivity index (χ2v) is 4.59. The van der Waals surface area contributed by atoms with Gasteiger partial charge in [-0.15, -0.1) is 0 Å². The number of carbonyl (C=O) groups is 1. The zero-order chi connectivity index (χ0) is 13.5. The standard InChI is InChI=1S/C14H20ClNO2/c1-4-13(14(17)18-5-2)16-10(3)11-7-6-8-12(15)9-11/h6-10,13,16H,4-5H2,1-3H3/t10-,13?/m0/s1. The van der Waals surface area contributed by atoms with Gasteiger partial charge in [0.05, 0.1) is 6.61 Å². The zero-order valence-corrected chi connectivity index (χ0v) is 11.8. The fraction of sp³-hybridized carbons (Fsp3) is 0.500. The molecule has 0 aromatic heterocycles. The number of ether oxygens (including phenoxy) is 1. The number of carbonyl (C=O) groups excluding carboxylic acids is 1. The topological polar surface area (TPSA) is 38.3 Å². The second kappa shape index (κ2) is 7.39. The minimum atomic E-state index is -0.279. The van der Waals surface area contributed by atoms with Gasteiger partial charge in [-0.25, -0.2) is 0 Å². The maximum Gasteiger partial charge on any atom is 0.323 e. The smallest absolute Gasteiger partial charge is 0.323 e. The summed E-state index contributed by atoms with van der Waals surface area (Å²) >= 11 is 5.95. The fourth-order valence-corrected chi connectivity index (χ4v) is 1.97. The van der Waals surface area contributed by atoms with Crippen molar-refractivity contribution in [3.63, 3.8) is 0 Å². The summed E-state index contributed by atoms with van der Waals surface area (Å²) in [5, 5.41) is 3.96. The minimum absolute atomic E-state index is 0.0538. The number of nitrogens with one attached hydrogen (secondary N) is 1. The van der Waals surface area contributed by atoms with Crippen molar-refractivity contribution in [1.29, 1.82) is 0 Å². The van der Waals surface area contributed by atoms with E-state index in [1.54, 1.807) is 0 Å². The average molecular weight is 270 g/mol. The van der Waals surface area contributed by atoms with Crippen molar-refractivity contribution in [2.75, 3.05) is 6.61 Å². The average Bonchev–Trinajstić information content (AvgIpc) is 2.35. The van der Waals surface area contributed by atoms with Crippen LogP contribution < -0.4 is 5.32 Å². The molecule has 1 aromatic carbocycles. The summed E-state index contributed by atoms with van der Waals surface area (Å²) < 4.78 is 5.03. The number of esters is 1. The SMILES string of the molecule is CCOC(=O)C(CC)N[C@@H](C)c1cccc(Cl)c1. The Labute approximate surface area is 113 Å². The van der Waals surface area contributed by atoms with Crippen LogP contribution in [-0.2, 0) is 9.53 Å². The number of rotatable bonds is 6. The van der Waals surface area contributed by atoms with Gasteiger partial charge in [-0.3, -0.25) is 10.1 Å². The molecule has 2 atom stereocenters. The Morgan fingerprint density at radius 1 is 1.44 bits per heavy atom. The lowest BCUT2D eigenvalue weighted by atomic mass is 10.1. The Bertz CT molecular complexity index is 395. The lowest BCUT2D eigenvalue weighted by Gasteiger charge is -2.21. The van der Waals surface area contributed by atoms with Gasteiger partial charge >= 0.3 is 5.97 Å². The monoisotopic (exact) mass is 269 g/mol. The van der Waals surface area contributed by atoms with Crippen LogP contribution in [0.1, 0.15) is 38.8 Å². The first-order valence-corrected chi connectivity index (χ1v) is 6.64. The molecule has 0 amide bonds. The highest BCUT2D eigenvalue weighted by molar-refractivity contribution is 6.30. The van der Waals surface area contributed by atoms with Crippen molar-refractivity contribution < 1.29 is 9.53 Å². The van der Waals surface area contributed by atoms with Gasteiger partial charge in [0.2, 0.25) is 0 Å². The van der Waals surface area contributed by atoms with Crippen LogP contribution in [0.25, 0.3) is 0 Å². The van der Waals surface area contributed by atoms with Crippen LogP contribution in [0, 0.1) is 0 Å². The minimum Gasteiger partial charge on any atom is -0.465 e. The maximum absolute atomic E-state index is 11.7. The zero-order valence-electron chi connectivity index (χ0n) is 11.1. The third kappa shape index (κ3) is 4.31. The van der Waals surface area contributed by atoms with E-state index in [1.165, 1.54) is 0 Å². The van der Waals surface area contributed by atoms with E-state index in [4.69, 9.17) is 16.3 Å². The Morgan fingerprint density at radius 2 is 2.17 bits per heavy atom. The molecule has 0 aliphatic rings. The van der Waals surface area contributed by atoms with Crippen LogP contribution in [0.15, 0.2) is 24.3 Å². The summed E-state index contributed by atoms with van der Waals surface area (Å²) in [6, 6.07) is 7.40. The van der Waals surface area contributed by atoms with E-state index in [0.29, 0.717) is 18.1 Å². The molecule has 0 saturated heterocycles. The van der Waals surface area contributed by atoms with Gasteiger partial charge in [-0.05, 0) is 38.0 Å². The van der Waals surface area contributed by atoms with Gasteiger partial charge in [-0.2, -0.15) is 0 Å². The van der Waals surface area contributed by atoms with Crippen molar-refractivity contribution in [2.24, 2.45) is 0 Å². The van der Waals surface area contributed by atoms with Crippen molar-refractivity contribution >= 4 is 17.6 Å². The van der Waals surface area contributed by atoms with E-state index in [9.17, 15) is 4.79 Å². The number of hydrogen-bond donors (Lipinski definition) is 1. The van der Waals surface area contributed by atoms with Gasteiger partial charge in [0.25, 0.3) is 0 Å². The third-order valence-corrected chi connectivity index (χ3v) is 3.01. The molecule has 100 valence electrons. The Morgan fingerprint density at radius 3 is 2.72 bits per heavy atom. The fourth-order valence-electron chi connectivity index (χ4n) is 1.77. The van der Waals surface area contributed by atoms with Crippen molar-refractivity contribution in [3.8, 4) is 0 Å². The van der Waals surface area contributed by atoms with Gasteiger partial charge < -0.3 is 4.74 Å². The molecule has 0 aliphatic carbocycles. The maximum atomic E-state index is 11.7. The Balaban J connectivity index is 2.67. The highest BCUT2D eigenvalue weighted by Gasteiger charge is 2.20. The predicted molar refractivity (Wildman–Crippen MR) is 73.7 cm³/mol. The van der Waals surface area contributed by atoms with E-state index < -0.39 is 0 Å². The molecule has 3 nitrogen and oxygen atoms in total. The summed E-state index contributed by atoms with van der Waals surface area (Å²) in [4.78, 5) is 11.7. The van der Waals surface area contributed by atoms with Crippen LogP contribution >= 0.6 is 11.6 Å². The Hall–Kier alpha value is -1.06. The molecule has 0 saturated carbocycles. The van der Waals surface area contributed by atoms with Crippen LogP contribution in [0.3, 0.4) is 0 Å². The molecule has 4 heteroatoms. The number of halogens is 1. The number of benzene rings is 1. The molecule has 18 heavy (non-hydrogen) atoms. The van der Waals surface area contributed by atoms with E-state index >= 15 is 0 Å². The number of hydrogen-bond acceptors (Lipinski definition) is 3. The van der Waals surface area contributed by atoms with Crippen LogP contribution in [0.4, 0.5) is 0 Å². The molecular formula is C14H20ClNO2. The molecule has 1 rings (SSSR count). The highest BCUT2D eigenvalue weighted by Crippen LogP contribution is 2.18.